The van der Waals surface area contributed by atoms with Gasteiger partial charge in [-0.15, -0.1) is 0 Å². The van der Waals surface area contributed by atoms with Gasteiger partial charge in [-0.1, -0.05) is 0 Å². The van der Waals surface area contributed by atoms with Crippen molar-refractivity contribution in [2.24, 2.45) is 0 Å². The second-order valence-electron chi connectivity index (χ2n) is 2.77. The molecule has 2 heteroatoms. The van der Waals surface area contributed by atoms with Crippen molar-refractivity contribution >= 4 is 22.3 Å². The summed E-state index contributed by atoms with van der Waals surface area (Å²) in [6, 6.07) is 6.04. The summed E-state index contributed by atoms with van der Waals surface area (Å²) in [6.07, 6.45) is 1.84. The molecule has 1 heterocycles. The summed E-state index contributed by atoms with van der Waals surface area (Å²) in [5, 5.41) is 0. The fraction of sp³-hybridized carbons (Fsp3) is 0.375. The maximum atomic E-state index is 4.26. The van der Waals surface area contributed by atoms with Gasteiger partial charge in [-0.25, -0.2) is 0 Å². The zero-order chi connectivity index (χ0) is 7.61. The van der Waals surface area contributed by atoms with E-state index in [2.05, 4.69) is 24.9 Å². The van der Waals surface area contributed by atoms with E-state index >= 15 is 0 Å². The zero-order valence-electron chi connectivity index (χ0n) is 6.20. The Kier molecular flexibility index (Phi) is 2.33. The van der Waals surface area contributed by atoms with Crippen LogP contribution in [0.2, 0.25) is 0 Å². The van der Waals surface area contributed by atoms with Gasteiger partial charge in [0.15, 0.2) is 0 Å². The number of rotatable bonds is 1. The molecule has 0 amide bonds. The summed E-state index contributed by atoms with van der Waals surface area (Å²) < 4.78 is 0.232. The van der Waals surface area contributed by atoms with E-state index in [1.54, 1.807) is 22.3 Å². The SMILES string of the molecule is CC(C)([TeH])c1ccccn1. The first-order valence-corrected chi connectivity index (χ1v) is 4.52. The number of aromatic nitrogens is 1. The molecule has 0 spiro atoms. The molecule has 1 rings (SSSR count). The van der Waals surface area contributed by atoms with Crippen LogP contribution in [-0.4, -0.2) is 27.3 Å². The van der Waals surface area contributed by atoms with Crippen LogP contribution in [0.15, 0.2) is 24.4 Å². The van der Waals surface area contributed by atoms with Crippen molar-refractivity contribution in [3.05, 3.63) is 30.1 Å². The van der Waals surface area contributed by atoms with E-state index in [0.29, 0.717) is 0 Å². The topological polar surface area (TPSA) is 12.9 Å². The van der Waals surface area contributed by atoms with Crippen molar-refractivity contribution in [2.45, 2.75) is 17.3 Å². The fourth-order valence-corrected chi connectivity index (χ4v) is 1.10. The Labute approximate surface area is 74.8 Å². The Morgan fingerprint density at radius 1 is 1.40 bits per heavy atom. The Morgan fingerprint density at radius 2 is 2.10 bits per heavy atom. The standard InChI is InChI=1S/C8H11NTe/c1-8(2,10)7-5-3-4-6-9-7/h3-6,10H,1-2H3. The number of nitrogens with zero attached hydrogens (tertiary/aromatic N) is 1. The minimum absolute atomic E-state index is 0.232. The molecule has 0 aromatic carbocycles. The summed E-state index contributed by atoms with van der Waals surface area (Å²) in [6.45, 7) is 4.37. The molecule has 1 nitrogen and oxygen atoms in total. The van der Waals surface area contributed by atoms with Crippen molar-refractivity contribution in [1.29, 1.82) is 0 Å². The van der Waals surface area contributed by atoms with Gasteiger partial charge in [0.1, 0.15) is 0 Å². The van der Waals surface area contributed by atoms with Gasteiger partial charge in [0.25, 0.3) is 0 Å². The van der Waals surface area contributed by atoms with Crippen molar-refractivity contribution in [2.75, 3.05) is 0 Å². The van der Waals surface area contributed by atoms with Crippen LogP contribution < -0.4 is 0 Å². The molecule has 0 unspecified atom stereocenters. The first kappa shape index (κ1) is 8.04. The number of pyridine rings is 1. The Balaban J connectivity index is 2.97. The normalized spacial score (nSPS) is 11.5. The van der Waals surface area contributed by atoms with Crippen LogP contribution in [0, 0.1) is 0 Å². The molecule has 0 atom stereocenters. The summed E-state index contributed by atoms with van der Waals surface area (Å²) in [7, 11) is 0. The van der Waals surface area contributed by atoms with Gasteiger partial charge < -0.3 is 0 Å². The summed E-state index contributed by atoms with van der Waals surface area (Å²) in [4.78, 5) is 4.26. The van der Waals surface area contributed by atoms with E-state index in [0.717, 1.165) is 0 Å². The van der Waals surface area contributed by atoms with Gasteiger partial charge in [-0.3, -0.25) is 0 Å². The third-order valence-corrected chi connectivity index (χ3v) is 1.95. The van der Waals surface area contributed by atoms with Crippen molar-refractivity contribution in [3.8, 4) is 0 Å². The monoisotopic (exact) mass is 251 g/mol. The van der Waals surface area contributed by atoms with Gasteiger partial charge >= 0.3 is 74.7 Å². The first-order valence-electron chi connectivity index (χ1n) is 3.24. The average molecular weight is 249 g/mol. The maximum absolute atomic E-state index is 4.26. The van der Waals surface area contributed by atoms with E-state index in [1.807, 2.05) is 18.3 Å². The second kappa shape index (κ2) is 2.90. The van der Waals surface area contributed by atoms with Crippen molar-refractivity contribution in [1.82, 2.24) is 4.98 Å². The predicted octanol–water partition coefficient (Wildman–Crippen LogP) is 1.22. The van der Waals surface area contributed by atoms with Crippen molar-refractivity contribution in [3.63, 3.8) is 0 Å². The van der Waals surface area contributed by atoms with Crippen LogP contribution in [0.1, 0.15) is 19.5 Å². The van der Waals surface area contributed by atoms with Gasteiger partial charge in [-0.05, 0) is 0 Å². The van der Waals surface area contributed by atoms with Crippen molar-refractivity contribution < 1.29 is 0 Å². The van der Waals surface area contributed by atoms with Crippen LogP contribution in [0.3, 0.4) is 0 Å². The summed E-state index contributed by atoms with van der Waals surface area (Å²) in [5.41, 5.74) is 1.17. The number of hydrogen-bond donors (Lipinski definition) is 0. The van der Waals surface area contributed by atoms with Crippen LogP contribution in [0.5, 0.6) is 0 Å². The molecule has 0 fully saturated rings. The fourth-order valence-electron chi connectivity index (χ4n) is 0.725. The molecule has 54 valence electrons. The third kappa shape index (κ3) is 1.97. The summed E-state index contributed by atoms with van der Waals surface area (Å²) in [5.74, 6) is 0. The second-order valence-corrected chi connectivity index (χ2v) is 5.96. The van der Waals surface area contributed by atoms with Crippen LogP contribution >= 0.6 is 0 Å². The molecule has 0 bridgehead atoms. The van der Waals surface area contributed by atoms with Gasteiger partial charge in [0.05, 0.1) is 0 Å². The van der Waals surface area contributed by atoms with Crippen LogP contribution in [0.25, 0.3) is 0 Å². The van der Waals surface area contributed by atoms with E-state index in [9.17, 15) is 0 Å². The molecular formula is C8H11NTe. The molecule has 0 aliphatic heterocycles. The first-order chi connectivity index (χ1) is 4.61. The molecule has 0 saturated heterocycles. The number of hydrogen-bond acceptors (Lipinski definition) is 1. The van der Waals surface area contributed by atoms with Gasteiger partial charge in [-0.2, -0.15) is 0 Å². The molecule has 10 heavy (non-hydrogen) atoms. The zero-order valence-corrected chi connectivity index (χ0v) is 8.76. The molecule has 0 N–H and O–H groups in total. The Hall–Kier alpha value is -0.0604. The molecule has 1 aromatic heterocycles. The summed E-state index contributed by atoms with van der Waals surface area (Å²) >= 11 is 1.80. The third-order valence-electron chi connectivity index (χ3n) is 1.29. The average Bonchev–Trinajstić information content (AvgIpc) is 1.88. The molecule has 0 radical (unpaired) electrons. The predicted molar refractivity (Wildman–Crippen MR) is 44.4 cm³/mol. The minimum atomic E-state index is 0.232. The molecular weight excluding hydrogens is 238 g/mol. The quantitative estimate of drug-likeness (QED) is 0.681. The Morgan fingerprint density at radius 3 is 2.40 bits per heavy atom. The van der Waals surface area contributed by atoms with Gasteiger partial charge in [0.2, 0.25) is 0 Å². The van der Waals surface area contributed by atoms with E-state index in [1.165, 1.54) is 5.69 Å². The van der Waals surface area contributed by atoms with Crippen LogP contribution in [0.4, 0.5) is 0 Å². The van der Waals surface area contributed by atoms with Gasteiger partial charge in [0, 0.05) is 0 Å². The molecule has 0 aliphatic carbocycles. The van der Waals surface area contributed by atoms with E-state index in [-0.39, 0.29) is 3.46 Å². The molecule has 0 saturated carbocycles. The van der Waals surface area contributed by atoms with Crippen LogP contribution in [-0.2, 0) is 3.46 Å². The Bertz CT molecular complexity index is 200. The molecule has 0 aliphatic rings. The van der Waals surface area contributed by atoms with E-state index < -0.39 is 0 Å². The molecule has 1 aromatic rings. The van der Waals surface area contributed by atoms with E-state index in [4.69, 9.17) is 0 Å².